The Labute approximate surface area is 120 Å². The van der Waals surface area contributed by atoms with Gasteiger partial charge in [-0.05, 0) is 39.3 Å². The minimum absolute atomic E-state index is 0.239. The topological polar surface area (TPSA) is 48.7 Å². The van der Waals surface area contributed by atoms with Crippen LogP contribution in [0.3, 0.4) is 0 Å². The van der Waals surface area contributed by atoms with E-state index in [1.807, 2.05) is 26.8 Å². The number of nitrogens with zero attached hydrogens (tertiary/aromatic N) is 2. The van der Waals surface area contributed by atoms with Gasteiger partial charge in [0.05, 0.1) is 11.3 Å². The molecule has 0 saturated heterocycles. The number of anilines is 1. The first-order valence-electron chi connectivity index (χ1n) is 6.76. The zero-order valence-electron chi connectivity index (χ0n) is 12.4. The SMILES string of the molecule is Cc1ccc(-c2nc(NC(C)C)c(C#N)cc2C)cc1. The van der Waals surface area contributed by atoms with E-state index >= 15 is 0 Å². The van der Waals surface area contributed by atoms with Crippen LogP contribution in [0.15, 0.2) is 30.3 Å². The first-order chi connectivity index (χ1) is 9.51. The van der Waals surface area contributed by atoms with Gasteiger partial charge < -0.3 is 5.32 Å². The Balaban J connectivity index is 2.53. The summed E-state index contributed by atoms with van der Waals surface area (Å²) in [6.45, 7) is 8.12. The first-order valence-corrected chi connectivity index (χ1v) is 6.76. The lowest BCUT2D eigenvalue weighted by Crippen LogP contribution is -2.13. The third-order valence-corrected chi connectivity index (χ3v) is 3.08. The highest BCUT2D eigenvalue weighted by Crippen LogP contribution is 2.26. The average Bonchev–Trinajstić information content (AvgIpc) is 2.41. The Bertz CT molecular complexity index is 649. The molecule has 20 heavy (non-hydrogen) atoms. The molecule has 2 rings (SSSR count). The minimum atomic E-state index is 0.239. The van der Waals surface area contributed by atoms with Gasteiger partial charge in [0, 0.05) is 11.6 Å². The zero-order chi connectivity index (χ0) is 14.7. The van der Waals surface area contributed by atoms with Gasteiger partial charge in [-0.2, -0.15) is 5.26 Å². The lowest BCUT2D eigenvalue weighted by Gasteiger charge is -2.14. The smallest absolute Gasteiger partial charge is 0.144 e. The van der Waals surface area contributed by atoms with Crippen molar-refractivity contribution in [3.8, 4) is 17.3 Å². The maximum absolute atomic E-state index is 9.22. The molecule has 1 aromatic carbocycles. The number of pyridine rings is 1. The van der Waals surface area contributed by atoms with Crippen LogP contribution in [0.4, 0.5) is 5.82 Å². The second kappa shape index (κ2) is 5.75. The van der Waals surface area contributed by atoms with Crippen LogP contribution in [0.2, 0.25) is 0 Å². The predicted molar refractivity (Wildman–Crippen MR) is 82.6 cm³/mol. The molecule has 2 aromatic rings. The zero-order valence-corrected chi connectivity index (χ0v) is 12.4. The minimum Gasteiger partial charge on any atom is -0.367 e. The van der Waals surface area contributed by atoms with E-state index in [1.165, 1.54) is 5.56 Å². The molecule has 0 aliphatic rings. The molecule has 0 unspecified atom stereocenters. The molecule has 1 N–H and O–H groups in total. The summed E-state index contributed by atoms with van der Waals surface area (Å²) >= 11 is 0. The molecule has 0 atom stereocenters. The van der Waals surface area contributed by atoms with Gasteiger partial charge in [0.2, 0.25) is 0 Å². The lowest BCUT2D eigenvalue weighted by molar-refractivity contribution is 0.888. The van der Waals surface area contributed by atoms with Gasteiger partial charge in [-0.15, -0.1) is 0 Å². The Morgan fingerprint density at radius 2 is 1.80 bits per heavy atom. The van der Waals surface area contributed by atoms with E-state index in [0.29, 0.717) is 11.4 Å². The number of rotatable bonds is 3. The van der Waals surface area contributed by atoms with Crippen LogP contribution in [0, 0.1) is 25.2 Å². The normalized spacial score (nSPS) is 10.4. The molecule has 0 radical (unpaired) electrons. The molecule has 0 aliphatic carbocycles. The van der Waals surface area contributed by atoms with Gasteiger partial charge in [0.1, 0.15) is 11.9 Å². The summed E-state index contributed by atoms with van der Waals surface area (Å²) in [6.07, 6.45) is 0. The number of benzene rings is 1. The van der Waals surface area contributed by atoms with Crippen molar-refractivity contribution in [3.63, 3.8) is 0 Å². The van der Waals surface area contributed by atoms with Crippen LogP contribution in [-0.4, -0.2) is 11.0 Å². The third-order valence-electron chi connectivity index (χ3n) is 3.08. The van der Waals surface area contributed by atoms with Crippen LogP contribution in [0.1, 0.15) is 30.5 Å². The summed E-state index contributed by atoms with van der Waals surface area (Å²) in [5.74, 6) is 0.656. The Kier molecular flexibility index (Phi) is 4.05. The molecule has 3 nitrogen and oxygen atoms in total. The number of nitrogens with one attached hydrogen (secondary N) is 1. The van der Waals surface area contributed by atoms with Gasteiger partial charge in [-0.3, -0.25) is 0 Å². The van der Waals surface area contributed by atoms with Crippen molar-refractivity contribution in [2.45, 2.75) is 33.7 Å². The number of hydrogen-bond donors (Lipinski definition) is 1. The van der Waals surface area contributed by atoms with Crippen molar-refractivity contribution in [1.29, 1.82) is 5.26 Å². The first kappa shape index (κ1) is 14.1. The van der Waals surface area contributed by atoms with Crippen LogP contribution >= 0.6 is 0 Å². The fourth-order valence-corrected chi connectivity index (χ4v) is 2.09. The van der Waals surface area contributed by atoms with Crippen LogP contribution in [0.5, 0.6) is 0 Å². The van der Waals surface area contributed by atoms with Crippen molar-refractivity contribution in [3.05, 3.63) is 47.0 Å². The highest BCUT2D eigenvalue weighted by Gasteiger charge is 2.11. The summed E-state index contributed by atoms with van der Waals surface area (Å²) in [4.78, 5) is 4.65. The van der Waals surface area contributed by atoms with E-state index < -0.39 is 0 Å². The molecular formula is C17H19N3. The molecule has 1 heterocycles. The molecule has 0 fully saturated rings. The predicted octanol–water partition coefficient (Wildman–Crippen LogP) is 4.06. The molecule has 0 aliphatic heterocycles. The molecule has 0 spiro atoms. The number of hydrogen-bond acceptors (Lipinski definition) is 3. The van der Waals surface area contributed by atoms with E-state index in [1.54, 1.807) is 0 Å². The average molecular weight is 265 g/mol. The summed E-state index contributed by atoms with van der Waals surface area (Å²) in [5, 5.41) is 12.5. The molecular weight excluding hydrogens is 246 g/mol. The van der Waals surface area contributed by atoms with Crippen molar-refractivity contribution in [2.24, 2.45) is 0 Å². The second-order valence-corrected chi connectivity index (χ2v) is 5.33. The van der Waals surface area contributed by atoms with Crippen molar-refractivity contribution >= 4 is 5.82 Å². The molecule has 0 saturated carbocycles. The van der Waals surface area contributed by atoms with Gasteiger partial charge in [-0.1, -0.05) is 29.8 Å². The van der Waals surface area contributed by atoms with Crippen LogP contribution in [0.25, 0.3) is 11.3 Å². The summed E-state index contributed by atoms with van der Waals surface area (Å²) in [6, 6.07) is 12.6. The lowest BCUT2D eigenvalue weighted by atomic mass is 10.0. The van der Waals surface area contributed by atoms with E-state index in [0.717, 1.165) is 16.8 Å². The van der Waals surface area contributed by atoms with Crippen molar-refractivity contribution < 1.29 is 0 Å². The van der Waals surface area contributed by atoms with Crippen molar-refractivity contribution in [1.82, 2.24) is 4.98 Å². The monoisotopic (exact) mass is 265 g/mol. The van der Waals surface area contributed by atoms with Crippen LogP contribution in [-0.2, 0) is 0 Å². The Hall–Kier alpha value is -2.34. The number of aromatic nitrogens is 1. The van der Waals surface area contributed by atoms with E-state index in [-0.39, 0.29) is 6.04 Å². The number of aryl methyl sites for hydroxylation is 2. The maximum Gasteiger partial charge on any atom is 0.144 e. The van der Waals surface area contributed by atoms with Gasteiger partial charge in [0.25, 0.3) is 0 Å². The maximum atomic E-state index is 9.22. The Morgan fingerprint density at radius 1 is 1.15 bits per heavy atom. The molecule has 102 valence electrons. The highest BCUT2D eigenvalue weighted by atomic mass is 15.0. The fourth-order valence-electron chi connectivity index (χ4n) is 2.09. The quantitative estimate of drug-likeness (QED) is 0.910. The molecule has 0 bridgehead atoms. The summed E-state index contributed by atoms with van der Waals surface area (Å²) in [5.41, 5.74) is 4.82. The van der Waals surface area contributed by atoms with E-state index in [9.17, 15) is 5.26 Å². The van der Waals surface area contributed by atoms with Crippen molar-refractivity contribution in [2.75, 3.05) is 5.32 Å². The molecule has 3 heteroatoms. The van der Waals surface area contributed by atoms with E-state index in [2.05, 4.69) is 47.6 Å². The molecule has 1 aromatic heterocycles. The highest BCUT2D eigenvalue weighted by molar-refractivity contribution is 5.68. The second-order valence-electron chi connectivity index (χ2n) is 5.33. The summed E-state index contributed by atoms with van der Waals surface area (Å²) in [7, 11) is 0. The summed E-state index contributed by atoms with van der Waals surface area (Å²) < 4.78 is 0. The van der Waals surface area contributed by atoms with Crippen LogP contribution < -0.4 is 5.32 Å². The number of nitriles is 1. The van der Waals surface area contributed by atoms with Gasteiger partial charge in [0.15, 0.2) is 0 Å². The third kappa shape index (κ3) is 2.97. The molecule has 0 amide bonds. The Morgan fingerprint density at radius 3 is 2.35 bits per heavy atom. The van der Waals surface area contributed by atoms with Gasteiger partial charge in [-0.25, -0.2) is 4.98 Å². The largest absolute Gasteiger partial charge is 0.367 e. The van der Waals surface area contributed by atoms with Gasteiger partial charge >= 0.3 is 0 Å². The fraction of sp³-hybridized carbons (Fsp3) is 0.294. The van der Waals surface area contributed by atoms with E-state index in [4.69, 9.17) is 0 Å². The standard InChI is InChI=1S/C17H19N3/c1-11(2)19-17-15(10-18)9-13(4)16(20-17)14-7-5-12(3)6-8-14/h5-9,11H,1-4H3,(H,19,20).